The van der Waals surface area contributed by atoms with E-state index in [4.69, 9.17) is 0 Å². The highest BCUT2D eigenvalue weighted by atomic mass is 19.4. The number of piperidine rings is 1. The smallest absolute Gasteiger partial charge is 0.405 e. The van der Waals surface area contributed by atoms with Gasteiger partial charge in [-0.05, 0) is 38.1 Å². The van der Waals surface area contributed by atoms with Gasteiger partial charge in [0.1, 0.15) is 18.8 Å². The number of hydrogen-bond acceptors (Lipinski definition) is 4. The molecule has 1 aromatic rings. The summed E-state index contributed by atoms with van der Waals surface area (Å²) in [5.74, 6) is -1.29. The minimum absolute atomic E-state index is 0.0362. The quantitative estimate of drug-likeness (QED) is 0.755. The standard InChI is InChI=1S/C16H18F3N3O3/c17-16(18,19)9-21-12(24)8-22-10-2-1-3-11(23)13(10)15(14(22)25)4-6-20-7-5-15/h1-3,20,23H,4-9H2,(H,21,24). The fourth-order valence-corrected chi connectivity index (χ4v) is 3.59. The number of anilines is 1. The number of benzene rings is 1. The van der Waals surface area contributed by atoms with Crippen LogP contribution in [0.1, 0.15) is 18.4 Å². The zero-order chi connectivity index (χ0) is 18.2. The van der Waals surface area contributed by atoms with Crippen LogP contribution in [0.15, 0.2) is 18.2 Å². The third-order valence-corrected chi connectivity index (χ3v) is 4.69. The van der Waals surface area contributed by atoms with Crippen LogP contribution in [0.5, 0.6) is 5.75 Å². The number of aromatic hydroxyl groups is 1. The zero-order valence-electron chi connectivity index (χ0n) is 13.3. The lowest BCUT2D eigenvalue weighted by Gasteiger charge is -2.33. The first-order valence-electron chi connectivity index (χ1n) is 7.93. The van der Waals surface area contributed by atoms with Crippen LogP contribution in [0, 0.1) is 0 Å². The maximum Gasteiger partial charge on any atom is 0.405 e. The molecule has 0 atom stereocenters. The van der Waals surface area contributed by atoms with E-state index in [2.05, 4.69) is 5.32 Å². The SMILES string of the molecule is O=C(CN1C(=O)C2(CCNCC2)c2c(O)cccc21)NCC(F)(F)F. The average molecular weight is 357 g/mol. The number of phenols is 1. The minimum atomic E-state index is -4.52. The van der Waals surface area contributed by atoms with Crippen LogP contribution in [0.2, 0.25) is 0 Å². The largest absolute Gasteiger partial charge is 0.508 e. The molecule has 25 heavy (non-hydrogen) atoms. The Morgan fingerprint density at radius 2 is 2.00 bits per heavy atom. The Morgan fingerprint density at radius 1 is 1.32 bits per heavy atom. The van der Waals surface area contributed by atoms with E-state index in [1.54, 1.807) is 17.4 Å². The molecule has 6 nitrogen and oxygen atoms in total. The lowest BCUT2D eigenvalue weighted by atomic mass is 9.74. The Kier molecular flexibility index (Phi) is 4.36. The molecule has 3 N–H and O–H groups in total. The number of carbonyl (C=O) groups is 2. The van der Waals surface area contributed by atoms with Crippen LogP contribution >= 0.6 is 0 Å². The van der Waals surface area contributed by atoms with Crippen molar-refractivity contribution in [1.82, 2.24) is 10.6 Å². The number of nitrogens with zero attached hydrogens (tertiary/aromatic N) is 1. The molecule has 3 rings (SSSR count). The molecular formula is C16H18F3N3O3. The Bertz CT molecular complexity index is 700. The summed E-state index contributed by atoms with van der Waals surface area (Å²) in [5, 5.41) is 15.2. The first-order chi connectivity index (χ1) is 11.7. The van der Waals surface area contributed by atoms with Gasteiger partial charge in [0.05, 0.1) is 11.1 Å². The second-order valence-corrected chi connectivity index (χ2v) is 6.29. The molecule has 1 saturated heterocycles. The molecule has 0 saturated carbocycles. The van der Waals surface area contributed by atoms with E-state index in [0.717, 1.165) is 0 Å². The molecule has 9 heteroatoms. The maximum absolute atomic E-state index is 13.0. The normalized spacial score (nSPS) is 19.2. The third kappa shape index (κ3) is 3.15. The summed E-state index contributed by atoms with van der Waals surface area (Å²) in [5.41, 5.74) is -0.0878. The van der Waals surface area contributed by atoms with Gasteiger partial charge in [-0.1, -0.05) is 6.07 Å². The number of alkyl halides is 3. The summed E-state index contributed by atoms with van der Waals surface area (Å²) in [6.45, 7) is -0.808. The van der Waals surface area contributed by atoms with Crippen LogP contribution in [0.3, 0.4) is 0 Å². The number of carbonyl (C=O) groups excluding carboxylic acids is 2. The van der Waals surface area contributed by atoms with Crippen molar-refractivity contribution < 1.29 is 27.9 Å². The second-order valence-electron chi connectivity index (χ2n) is 6.29. The van der Waals surface area contributed by atoms with Crippen molar-refractivity contribution in [2.45, 2.75) is 24.4 Å². The maximum atomic E-state index is 13.0. The molecule has 2 heterocycles. The molecule has 1 spiro atoms. The van der Waals surface area contributed by atoms with Gasteiger partial charge in [0.2, 0.25) is 11.8 Å². The Hall–Kier alpha value is -2.29. The summed E-state index contributed by atoms with van der Waals surface area (Å²) in [6.07, 6.45) is -3.61. The van der Waals surface area contributed by atoms with E-state index in [1.165, 1.54) is 11.0 Å². The summed E-state index contributed by atoms with van der Waals surface area (Å²) >= 11 is 0. The number of rotatable bonds is 3. The van der Waals surface area contributed by atoms with Gasteiger partial charge in [-0.2, -0.15) is 13.2 Å². The molecule has 2 aliphatic rings. The lowest BCUT2D eigenvalue weighted by molar-refractivity contribution is -0.138. The molecule has 0 aromatic heterocycles. The molecule has 0 aliphatic carbocycles. The number of halogens is 3. The molecule has 0 radical (unpaired) electrons. The van der Waals surface area contributed by atoms with Gasteiger partial charge >= 0.3 is 6.18 Å². The zero-order valence-corrected chi connectivity index (χ0v) is 13.3. The predicted molar refractivity (Wildman–Crippen MR) is 83.3 cm³/mol. The van der Waals surface area contributed by atoms with E-state index in [1.807, 2.05) is 0 Å². The topological polar surface area (TPSA) is 81.7 Å². The van der Waals surface area contributed by atoms with E-state index in [0.29, 0.717) is 37.2 Å². The molecule has 0 bridgehead atoms. The minimum Gasteiger partial charge on any atom is -0.508 e. The first-order valence-corrected chi connectivity index (χ1v) is 7.93. The Labute approximate surface area is 142 Å². The highest BCUT2D eigenvalue weighted by molar-refractivity contribution is 6.11. The van der Waals surface area contributed by atoms with E-state index >= 15 is 0 Å². The van der Waals surface area contributed by atoms with Crippen LogP contribution < -0.4 is 15.5 Å². The van der Waals surface area contributed by atoms with Crippen LogP contribution in [0.4, 0.5) is 18.9 Å². The van der Waals surface area contributed by atoms with Gasteiger partial charge in [0.15, 0.2) is 0 Å². The van der Waals surface area contributed by atoms with Crippen molar-refractivity contribution in [2.24, 2.45) is 0 Å². The highest BCUT2D eigenvalue weighted by Gasteiger charge is 2.53. The first kappa shape index (κ1) is 17.5. The molecular weight excluding hydrogens is 339 g/mol. The van der Waals surface area contributed by atoms with Crippen molar-refractivity contribution in [3.05, 3.63) is 23.8 Å². The molecule has 2 aliphatic heterocycles. The molecule has 1 fully saturated rings. The number of amides is 2. The lowest BCUT2D eigenvalue weighted by Crippen LogP contribution is -2.49. The number of phenolic OH excluding ortho intramolecular Hbond substituents is 1. The van der Waals surface area contributed by atoms with Gasteiger partial charge in [-0.15, -0.1) is 0 Å². The van der Waals surface area contributed by atoms with E-state index in [-0.39, 0.29) is 11.7 Å². The third-order valence-electron chi connectivity index (χ3n) is 4.69. The van der Waals surface area contributed by atoms with Gasteiger partial charge in [-0.25, -0.2) is 0 Å². The average Bonchev–Trinajstić information content (AvgIpc) is 2.77. The molecule has 0 unspecified atom stereocenters. The summed E-state index contributed by atoms with van der Waals surface area (Å²) in [6, 6.07) is 4.62. The summed E-state index contributed by atoms with van der Waals surface area (Å²) in [7, 11) is 0. The van der Waals surface area contributed by atoms with Crippen molar-refractivity contribution in [3.8, 4) is 5.75 Å². The van der Waals surface area contributed by atoms with E-state index < -0.39 is 30.6 Å². The fourth-order valence-electron chi connectivity index (χ4n) is 3.59. The Morgan fingerprint density at radius 3 is 2.64 bits per heavy atom. The van der Waals surface area contributed by atoms with Crippen LogP contribution in [0.25, 0.3) is 0 Å². The second kappa shape index (κ2) is 6.21. The number of nitrogens with one attached hydrogen (secondary N) is 2. The highest BCUT2D eigenvalue weighted by Crippen LogP contribution is 2.50. The number of fused-ring (bicyclic) bond motifs is 2. The summed E-state index contributed by atoms with van der Waals surface area (Å²) in [4.78, 5) is 26.1. The molecule has 1 aromatic carbocycles. The van der Waals surface area contributed by atoms with Crippen molar-refractivity contribution in [2.75, 3.05) is 31.1 Å². The molecule has 2 amide bonds. The predicted octanol–water partition coefficient (Wildman–Crippen LogP) is 1.04. The van der Waals surface area contributed by atoms with Crippen LogP contribution in [-0.2, 0) is 15.0 Å². The Balaban J connectivity index is 1.88. The fraction of sp³-hybridized carbons (Fsp3) is 0.500. The van der Waals surface area contributed by atoms with E-state index in [9.17, 15) is 27.9 Å². The molecule has 136 valence electrons. The van der Waals surface area contributed by atoms with Gasteiger partial charge in [0, 0.05) is 5.56 Å². The van der Waals surface area contributed by atoms with Gasteiger partial charge < -0.3 is 20.6 Å². The monoisotopic (exact) mass is 357 g/mol. The van der Waals surface area contributed by atoms with Crippen LogP contribution in [-0.4, -0.2) is 49.3 Å². The number of hydrogen-bond donors (Lipinski definition) is 3. The van der Waals surface area contributed by atoms with Crippen molar-refractivity contribution in [3.63, 3.8) is 0 Å². The van der Waals surface area contributed by atoms with Crippen molar-refractivity contribution >= 4 is 17.5 Å². The van der Waals surface area contributed by atoms with Gasteiger partial charge in [-0.3, -0.25) is 9.59 Å². The summed E-state index contributed by atoms with van der Waals surface area (Å²) < 4.78 is 36.7. The van der Waals surface area contributed by atoms with Crippen molar-refractivity contribution in [1.29, 1.82) is 0 Å². The van der Waals surface area contributed by atoms with Gasteiger partial charge in [0.25, 0.3) is 0 Å².